The summed E-state index contributed by atoms with van der Waals surface area (Å²) < 4.78 is 27.3. The fraction of sp³-hybridized carbons (Fsp3) is 0.400. The summed E-state index contributed by atoms with van der Waals surface area (Å²) in [5.41, 5.74) is 0.455. The van der Waals surface area contributed by atoms with E-state index in [1.807, 2.05) is 6.92 Å². The van der Waals surface area contributed by atoms with Crippen LogP contribution in [0.2, 0.25) is 0 Å². The number of benzene rings is 2. The number of nitrogens with one attached hydrogen (secondary N) is 1. The molecule has 2 aromatic rings. The van der Waals surface area contributed by atoms with E-state index < -0.39 is 21.0 Å². The van der Waals surface area contributed by atoms with E-state index in [0.29, 0.717) is 18.7 Å². The number of aromatic hydroxyl groups is 1. The van der Waals surface area contributed by atoms with Crippen molar-refractivity contribution in [3.05, 3.63) is 58.1 Å². The summed E-state index contributed by atoms with van der Waals surface area (Å²) in [6.45, 7) is 4.60. The number of phenolic OH excluding ortho intramolecular Hbond substituents is 1. The van der Waals surface area contributed by atoms with E-state index in [0.717, 1.165) is 18.9 Å². The van der Waals surface area contributed by atoms with E-state index in [9.17, 15) is 23.6 Å². The van der Waals surface area contributed by atoms with Gasteiger partial charge in [0, 0.05) is 24.7 Å². The molecule has 1 aliphatic rings. The number of phenols is 1. The van der Waals surface area contributed by atoms with Gasteiger partial charge in [0.05, 0.1) is 15.9 Å². The summed E-state index contributed by atoms with van der Waals surface area (Å²) in [5, 5.41) is 24.6. The molecule has 29 heavy (non-hydrogen) atoms. The minimum atomic E-state index is -3.79. The van der Waals surface area contributed by atoms with Crippen LogP contribution in [0.4, 0.5) is 11.4 Å². The molecule has 156 valence electrons. The first-order valence-electron chi connectivity index (χ1n) is 9.53. The fourth-order valence-corrected chi connectivity index (χ4v) is 5.24. The Labute approximate surface area is 170 Å². The minimum absolute atomic E-state index is 0.0774. The predicted octanol–water partition coefficient (Wildman–Crippen LogP) is 3.89. The Bertz CT molecular complexity index is 1010. The maximum Gasteiger partial charge on any atom is 0.293 e. The van der Waals surface area contributed by atoms with Crippen molar-refractivity contribution < 1.29 is 18.4 Å². The van der Waals surface area contributed by atoms with Crippen LogP contribution in [0.3, 0.4) is 0 Å². The van der Waals surface area contributed by atoms with Gasteiger partial charge in [0.25, 0.3) is 5.69 Å². The van der Waals surface area contributed by atoms with Crippen LogP contribution in [0, 0.1) is 16.0 Å². The Hall–Kier alpha value is -2.65. The first-order valence-corrected chi connectivity index (χ1v) is 11.0. The van der Waals surface area contributed by atoms with Crippen LogP contribution in [-0.2, 0) is 10.0 Å². The van der Waals surface area contributed by atoms with Gasteiger partial charge in [0.1, 0.15) is 11.4 Å². The Morgan fingerprint density at radius 2 is 2.00 bits per heavy atom. The van der Waals surface area contributed by atoms with Crippen molar-refractivity contribution >= 4 is 21.4 Å². The average molecular weight is 420 g/mol. The molecule has 0 aliphatic carbocycles. The van der Waals surface area contributed by atoms with Crippen LogP contribution in [0.1, 0.15) is 38.3 Å². The molecule has 0 amide bonds. The molecule has 0 radical (unpaired) electrons. The number of para-hydroxylation sites is 1. The van der Waals surface area contributed by atoms with Crippen LogP contribution in [0.15, 0.2) is 47.4 Å². The standard InChI is InChI=1S/C20H25N3O5S/c1-14-6-5-11-22(13-14)29(27,28)16-9-10-18(19(12-16)23(25)26)21-15(2)17-7-3-4-8-20(17)24/h3-4,7-10,12,14-15,21,24H,5-6,11,13H2,1-2H3/t14-,15-/m0/s1. The van der Waals surface area contributed by atoms with Gasteiger partial charge >= 0.3 is 0 Å². The summed E-state index contributed by atoms with van der Waals surface area (Å²) >= 11 is 0. The van der Waals surface area contributed by atoms with Crippen LogP contribution in [-0.4, -0.2) is 35.8 Å². The largest absolute Gasteiger partial charge is 0.508 e. The number of rotatable bonds is 6. The van der Waals surface area contributed by atoms with Crippen LogP contribution in [0.5, 0.6) is 5.75 Å². The van der Waals surface area contributed by atoms with Crippen molar-refractivity contribution in [3.63, 3.8) is 0 Å². The number of nitrogens with zero attached hydrogens (tertiary/aromatic N) is 2. The van der Waals surface area contributed by atoms with Gasteiger partial charge < -0.3 is 10.4 Å². The summed E-state index contributed by atoms with van der Waals surface area (Å²) in [7, 11) is -3.79. The molecule has 1 fully saturated rings. The van der Waals surface area contributed by atoms with Crippen LogP contribution in [0.25, 0.3) is 0 Å². The third-order valence-corrected chi connectivity index (χ3v) is 7.06. The lowest BCUT2D eigenvalue weighted by molar-refractivity contribution is -0.384. The highest BCUT2D eigenvalue weighted by Crippen LogP contribution is 2.34. The molecule has 2 atom stereocenters. The second-order valence-electron chi connectivity index (χ2n) is 7.47. The topological polar surface area (TPSA) is 113 Å². The maximum absolute atomic E-state index is 13.0. The zero-order chi connectivity index (χ0) is 21.2. The second kappa shape index (κ2) is 8.38. The highest BCUT2D eigenvalue weighted by atomic mass is 32.2. The molecule has 0 spiro atoms. The quantitative estimate of drug-likeness (QED) is 0.542. The maximum atomic E-state index is 13.0. The lowest BCUT2D eigenvalue weighted by Gasteiger charge is -2.30. The summed E-state index contributed by atoms with van der Waals surface area (Å²) in [4.78, 5) is 10.9. The van der Waals surface area contributed by atoms with Crippen molar-refractivity contribution in [2.75, 3.05) is 18.4 Å². The number of anilines is 1. The molecular formula is C20H25N3O5S. The molecule has 1 aliphatic heterocycles. The SMILES string of the molecule is C[C@H]1CCCN(S(=O)(=O)c2ccc(N[C@@H](C)c3ccccc3O)c([N+](=O)[O-])c2)C1. The van der Waals surface area contributed by atoms with Gasteiger partial charge in [-0.2, -0.15) is 4.31 Å². The first-order chi connectivity index (χ1) is 13.7. The fourth-order valence-electron chi connectivity index (χ4n) is 3.62. The van der Waals surface area contributed by atoms with Gasteiger partial charge in [0.2, 0.25) is 10.0 Å². The molecule has 0 bridgehead atoms. The van der Waals surface area contributed by atoms with Crippen molar-refractivity contribution in [3.8, 4) is 5.75 Å². The van der Waals surface area contributed by atoms with Crippen molar-refractivity contribution in [1.82, 2.24) is 4.31 Å². The van der Waals surface area contributed by atoms with Crippen molar-refractivity contribution in [1.29, 1.82) is 0 Å². The van der Waals surface area contributed by atoms with Gasteiger partial charge in [-0.15, -0.1) is 0 Å². The van der Waals surface area contributed by atoms with E-state index in [1.54, 1.807) is 25.1 Å². The zero-order valence-electron chi connectivity index (χ0n) is 16.4. The minimum Gasteiger partial charge on any atom is -0.508 e. The number of nitro groups is 1. The van der Waals surface area contributed by atoms with E-state index in [-0.39, 0.29) is 27.9 Å². The molecular weight excluding hydrogens is 394 g/mol. The number of sulfonamides is 1. The Balaban J connectivity index is 1.91. The van der Waals surface area contributed by atoms with Gasteiger partial charge in [-0.25, -0.2) is 8.42 Å². The molecule has 8 nitrogen and oxygen atoms in total. The lowest BCUT2D eigenvalue weighted by Crippen LogP contribution is -2.39. The predicted molar refractivity (Wildman–Crippen MR) is 110 cm³/mol. The van der Waals surface area contributed by atoms with E-state index in [2.05, 4.69) is 5.32 Å². The van der Waals surface area contributed by atoms with Crippen molar-refractivity contribution in [2.45, 2.75) is 37.6 Å². The summed E-state index contributed by atoms with van der Waals surface area (Å²) in [6, 6.07) is 10.2. The molecule has 1 heterocycles. The summed E-state index contributed by atoms with van der Waals surface area (Å²) in [5.74, 6) is 0.336. The van der Waals surface area contributed by atoms with E-state index >= 15 is 0 Å². The number of hydrogen-bond donors (Lipinski definition) is 2. The summed E-state index contributed by atoms with van der Waals surface area (Å²) in [6.07, 6.45) is 1.75. The average Bonchev–Trinajstić information content (AvgIpc) is 2.68. The van der Waals surface area contributed by atoms with Gasteiger partial charge in [-0.1, -0.05) is 25.1 Å². The van der Waals surface area contributed by atoms with Gasteiger partial charge in [-0.05, 0) is 43.9 Å². The normalized spacial score (nSPS) is 18.9. The molecule has 2 aromatic carbocycles. The molecule has 1 saturated heterocycles. The zero-order valence-corrected chi connectivity index (χ0v) is 17.2. The molecule has 3 rings (SSSR count). The van der Waals surface area contributed by atoms with Gasteiger partial charge in [-0.3, -0.25) is 10.1 Å². The molecule has 0 unspecified atom stereocenters. The van der Waals surface area contributed by atoms with Crippen molar-refractivity contribution in [2.24, 2.45) is 5.92 Å². The molecule has 0 aromatic heterocycles. The molecule has 0 saturated carbocycles. The number of hydrogen-bond acceptors (Lipinski definition) is 6. The number of nitro benzene ring substituents is 1. The Morgan fingerprint density at radius 1 is 1.28 bits per heavy atom. The highest BCUT2D eigenvalue weighted by Gasteiger charge is 2.30. The van der Waals surface area contributed by atoms with E-state index in [1.165, 1.54) is 22.5 Å². The highest BCUT2D eigenvalue weighted by molar-refractivity contribution is 7.89. The Morgan fingerprint density at radius 3 is 2.66 bits per heavy atom. The third kappa shape index (κ3) is 4.51. The monoisotopic (exact) mass is 419 g/mol. The smallest absolute Gasteiger partial charge is 0.293 e. The second-order valence-corrected chi connectivity index (χ2v) is 9.41. The van der Waals surface area contributed by atoms with E-state index in [4.69, 9.17) is 0 Å². The van der Waals surface area contributed by atoms with Crippen LogP contribution >= 0.6 is 0 Å². The lowest BCUT2D eigenvalue weighted by atomic mass is 10.0. The Kier molecular flexibility index (Phi) is 6.09. The number of piperidine rings is 1. The first kappa shape index (κ1) is 21.1. The molecule has 2 N–H and O–H groups in total. The van der Waals surface area contributed by atoms with Crippen LogP contribution < -0.4 is 5.32 Å². The molecule has 9 heteroatoms. The van der Waals surface area contributed by atoms with Gasteiger partial charge in [0.15, 0.2) is 0 Å². The third-order valence-electron chi connectivity index (χ3n) is 5.20.